The minimum Gasteiger partial charge on any atom is -0.483 e. The Balaban J connectivity index is 1.69. The fraction of sp³-hybridized carbons (Fsp3) is 0.438. The Bertz CT molecular complexity index is 581. The summed E-state index contributed by atoms with van der Waals surface area (Å²) in [4.78, 5) is 13.1. The molecule has 0 fully saturated rings. The molecule has 1 aromatic heterocycles. The van der Waals surface area contributed by atoms with Gasteiger partial charge in [-0.25, -0.2) is 0 Å². The van der Waals surface area contributed by atoms with Gasteiger partial charge in [-0.2, -0.15) is 0 Å². The third kappa shape index (κ3) is 2.81. The molecular formula is C16H19NO3S. The maximum atomic E-state index is 11.7. The highest BCUT2D eigenvalue weighted by Crippen LogP contribution is 2.33. The molecule has 0 amide bonds. The van der Waals surface area contributed by atoms with Crippen LogP contribution in [0.15, 0.2) is 30.4 Å². The molecule has 0 spiro atoms. The summed E-state index contributed by atoms with van der Waals surface area (Å²) in [7, 11) is 0. The standard InChI is InChI=1S/C16H19NO3S/c1-11(18)16(19)6-3-2-4-13(16)10-20-15-8-12-9-17-7-5-14(12)21-15/h2-4,6,8,13,17,19H,5,7,9-10H2,1H3. The highest BCUT2D eigenvalue weighted by Gasteiger charge is 2.39. The number of thiophene rings is 1. The Morgan fingerprint density at radius 3 is 3.19 bits per heavy atom. The van der Waals surface area contributed by atoms with E-state index in [1.54, 1.807) is 23.5 Å². The molecule has 2 unspecified atom stereocenters. The summed E-state index contributed by atoms with van der Waals surface area (Å²) in [6.45, 7) is 3.60. The zero-order chi connectivity index (χ0) is 14.9. The van der Waals surface area contributed by atoms with Crippen LogP contribution < -0.4 is 10.1 Å². The van der Waals surface area contributed by atoms with Gasteiger partial charge in [-0.15, -0.1) is 11.3 Å². The maximum absolute atomic E-state index is 11.7. The van der Waals surface area contributed by atoms with Gasteiger partial charge in [0.15, 0.2) is 16.4 Å². The lowest BCUT2D eigenvalue weighted by molar-refractivity contribution is -0.134. The molecule has 2 N–H and O–H groups in total. The Morgan fingerprint density at radius 1 is 1.57 bits per heavy atom. The van der Waals surface area contributed by atoms with Gasteiger partial charge in [0.25, 0.3) is 0 Å². The number of carbonyl (C=O) groups is 1. The van der Waals surface area contributed by atoms with Crippen molar-refractivity contribution in [3.05, 3.63) is 40.8 Å². The first-order valence-corrected chi connectivity index (χ1v) is 7.96. The van der Waals surface area contributed by atoms with E-state index in [2.05, 4.69) is 11.4 Å². The minimum atomic E-state index is -1.45. The second kappa shape index (κ2) is 5.75. The molecule has 112 valence electrons. The topological polar surface area (TPSA) is 58.6 Å². The molecule has 0 aromatic carbocycles. The molecule has 0 bridgehead atoms. The lowest BCUT2D eigenvalue weighted by Gasteiger charge is -2.30. The quantitative estimate of drug-likeness (QED) is 0.891. The summed E-state index contributed by atoms with van der Waals surface area (Å²) < 4.78 is 5.84. The van der Waals surface area contributed by atoms with Gasteiger partial charge in [0.2, 0.25) is 0 Å². The van der Waals surface area contributed by atoms with E-state index in [9.17, 15) is 9.90 Å². The molecule has 4 nitrogen and oxygen atoms in total. The van der Waals surface area contributed by atoms with Crippen LogP contribution in [-0.4, -0.2) is 29.6 Å². The lowest BCUT2D eigenvalue weighted by atomic mass is 9.81. The Hall–Kier alpha value is -1.43. The monoisotopic (exact) mass is 305 g/mol. The molecule has 1 aliphatic carbocycles. The summed E-state index contributed by atoms with van der Waals surface area (Å²) in [5.74, 6) is -0.608. The van der Waals surface area contributed by atoms with Gasteiger partial charge in [-0.3, -0.25) is 4.79 Å². The molecule has 0 saturated heterocycles. The summed E-state index contributed by atoms with van der Waals surface area (Å²) >= 11 is 1.66. The number of nitrogens with one attached hydrogen (secondary N) is 1. The number of ketones is 1. The van der Waals surface area contributed by atoms with Crippen molar-refractivity contribution in [2.75, 3.05) is 13.2 Å². The number of allylic oxidation sites excluding steroid dienone is 2. The number of carbonyl (C=O) groups excluding carboxylic acids is 1. The van der Waals surface area contributed by atoms with Crippen molar-refractivity contribution in [3.63, 3.8) is 0 Å². The summed E-state index contributed by atoms with van der Waals surface area (Å²) in [6, 6.07) is 2.06. The van der Waals surface area contributed by atoms with Gasteiger partial charge in [-0.1, -0.05) is 18.2 Å². The highest BCUT2D eigenvalue weighted by atomic mass is 32.1. The molecule has 21 heavy (non-hydrogen) atoms. The van der Waals surface area contributed by atoms with Crippen LogP contribution in [0.2, 0.25) is 0 Å². The molecule has 0 saturated carbocycles. The van der Waals surface area contributed by atoms with Gasteiger partial charge in [0, 0.05) is 18.0 Å². The average Bonchev–Trinajstić information content (AvgIpc) is 2.89. The zero-order valence-corrected chi connectivity index (χ0v) is 12.8. The SMILES string of the molecule is CC(=O)C1(O)C=CC=CC1COc1cc2c(s1)CCNC2. The average molecular weight is 305 g/mol. The Labute approximate surface area is 128 Å². The largest absolute Gasteiger partial charge is 0.483 e. The molecule has 2 heterocycles. The fourth-order valence-electron chi connectivity index (χ4n) is 2.70. The predicted octanol–water partition coefficient (Wildman–Crippen LogP) is 1.83. The first-order valence-electron chi connectivity index (χ1n) is 7.14. The predicted molar refractivity (Wildman–Crippen MR) is 82.6 cm³/mol. The van der Waals surface area contributed by atoms with E-state index in [0.717, 1.165) is 24.6 Å². The molecule has 0 radical (unpaired) electrons. The van der Waals surface area contributed by atoms with Gasteiger partial charge in [0.1, 0.15) is 0 Å². The van der Waals surface area contributed by atoms with Crippen molar-refractivity contribution < 1.29 is 14.6 Å². The van der Waals surface area contributed by atoms with E-state index in [0.29, 0.717) is 6.61 Å². The van der Waals surface area contributed by atoms with Crippen LogP contribution in [0.25, 0.3) is 0 Å². The van der Waals surface area contributed by atoms with Gasteiger partial charge < -0.3 is 15.2 Å². The van der Waals surface area contributed by atoms with Gasteiger partial charge in [-0.05, 0) is 31.1 Å². The van der Waals surface area contributed by atoms with E-state index in [-0.39, 0.29) is 11.7 Å². The molecule has 2 atom stereocenters. The van der Waals surface area contributed by atoms with Gasteiger partial charge >= 0.3 is 0 Å². The first-order chi connectivity index (χ1) is 10.1. The zero-order valence-electron chi connectivity index (χ0n) is 12.0. The van der Waals surface area contributed by atoms with Crippen molar-refractivity contribution in [3.8, 4) is 5.06 Å². The van der Waals surface area contributed by atoms with E-state index >= 15 is 0 Å². The van der Waals surface area contributed by atoms with E-state index in [4.69, 9.17) is 4.74 Å². The van der Waals surface area contributed by atoms with Crippen molar-refractivity contribution in [2.24, 2.45) is 5.92 Å². The molecule has 5 heteroatoms. The number of fused-ring (bicyclic) bond motifs is 1. The number of rotatable bonds is 4. The molecule has 1 aliphatic heterocycles. The maximum Gasteiger partial charge on any atom is 0.174 e. The Morgan fingerprint density at radius 2 is 2.43 bits per heavy atom. The number of hydrogen-bond acceptors (Lipinski definition) is 5. The normalized spacial score (nSPS) is 27.4. The number of ether oxygens (including phenoxy) is 1. The fourth-order valence-corrected chi connectivity index (χ4v) is 3.74. The third-order valence-electron chi connectivity index (χ3n) is 4.06. The lowest BCUT2D eigenvalue weighted by Crippen LogP contribution is -2.45. The van der Waals surface area contributed by atoms with E-state index in [1.165, 1.54) is 17.4 Å². The number of aliphatic hydroxyl groups is 1. The van der Waals surface area contributed by atoms with Crippen molar-refractivity contribution in [1.82, 2.24) is 5.32 Å². The summed E-state index contributed by atoms with van der Waals surface area (Å²) in [5.41, 5.74) is -0.158. The first kappa shape index (κ1) is 14.5. The second-order valence-electron chi connectivity index (χ2n) is 5.48. The minimum absolute atomic E-state index is 0.258. The van der Waals surface area contributed by atoms with E-state index in [1.807, 2.05) is 12.2 Å². The molecular weight excluding hydrogens is 286 g/mol. The van der Waals surface area contributed by atoms with Crippen LogP contribution in [-0.2, 0) is 17.8 Å². The van der Waals surface area contributed by atoms with Gasteiger partial charge in [0.05, 0.1) is 12.5 Å². The van der Waals surface area contributed by atoms with Crippen LogP contribution in [0.5, 0.6) is 5.06 Å². The van der Waals surface area contributed by atoms with Crippen LogP contribution >= 0.6 is 11.3 Å². The van der Waals surface area contributed by atoms with Crippen LogP contribution in [0.4, 0.5) is 0 Å². The molecule has 3 rings (SSSR count). The van der Waals surface area contributed by atoms with Crippen LogP contribution in [0, 0.1) is 5.92 Å². The van der Waals surface area contributed by atoms with E-state index < -0.39 is 5.60 Å². The number of hydrogen-bond donors (Lipinski definition) is 2. The van der Waals surface area contributed by atoms with Crippen LogP contribution in [0.1, 0.15) is 17.4 Å². The number of Topliss-reactive ketones (excluding diaryl/α,β-unsaturated/α-hetero) is 1. The van der Waals surface area contributed by atoms with Crippen molar-refractivity contribution in [1.29, 1.82) is 0 Å². The van der Waals surface area contributed by atoms with Crippen molar-refractivity contribution in [2.45, 2.75) is 25.5 Å². The second-order valence-corrected chi connectivity index (χ2v) is 6.58. The Kier molecular flexibility index (Phi) is 3.97. The molecule has 2 aliphatic rings. The summed E-state index contributed by atoms with van der Waals surface area (Å²) in [6.07, 6.45) is 7.96. The van der Waals surface area contributed by atoms with Crippen molar-refractivity contribution >= 4 is 17.1 Å². The highest BCUT2D eigenvalue weighted by molar-refractivity contribution is 7.14. The smallest absolute Gasteiger partial charge is 0.174 e. The summed E-state index contributed by atoms with van der Waals surface area (Å²) in [5, 5.41) is 14.7. The third-order valence-corrected chi connectivity index (χ3v) is 5.21. The van der Waals surface area contributed by atoms with Crippen LogP contribution in [0.3, 0.4) is 0 Å². The molecule has 1 aromatic rings.